The van der Waals surface area contributed by atoms with Crippen molar-refractivity contribution in [1.29, 1.82) is 0 Å². The van der Waals surface area contributed by atoms with Crippen LogP contribution in [-0.4, -0.2) is 50.2 Å². The van der Waals surface area contributed by atoms with Gasteiger partial charge in [-0.25, -0.2) is 18.6 Å². The molecule has 2 aromatic carbocycles. The molecular weight excluding hydrogens is 563 g/mol. The molecule has 39 heavy (non-hydrogen) atoms. The number of nitrogens with zero attached hydrogens (tertiary/aromatic N) is 3. The topological polar surface area (TPSA) is 215 Å². The van der Waals surface area contributed by atoms with E-state index in [1.807, 2.05) is 5.32 Å². The summed E-state index contributed by atoms with van der Waals surface area (Å²) in [6, 6.07) is 6.70. The molecule has 0 saturated heterocycles. The van der Waals surface area contributed by atoms with Crippen molar-refractivity contribution in [1.82, 2.24) is 20.4 Å². The van der Waals surface area contributed by atoms with E-state index in [1.165, 1.54) is 19.2 Å². The van der Waals surface area contributed by atoms with Crippen molar-refractivity contribution in [3.05, 3.63) is 53.6 Å². The van der Waals surface area contributed by atoms with Crippen LogP contribution in [-0.2, 0) is 4.57 Å². The van der Waals surface area contributed by atoms with Crippen molar-refractivity contribution in [2.24, 2.45) is 0 Å². The van der Waals surface area contributed by atoms with E-state index in [-0.39, 0.29) is 44.4 Å². The maximum atomic E-state index is 14.6. The van der Waals surface area contributed by atoms with Gasteiger partial charge in [-0.2, -0.15) is 4.98 Å². The molecule has 0 aliphatic rings. The van der Waals surface area contributed by atoms with E-state index in [9.17, 15) is 22.9 Å². The van der Waals surface area contributed by atoms with Gasteiger partial charge in [-0.1, -0.05) is 22.6 Å². The fourth-order valence-electron chi connectivity index (χ4n) is 3.05. The zero-order chi connectivity index (χ0) is 28.3. The van der Waals surface area contributed by atoms with E-state index in [1.54, 1.807) is 12.1 Å². The van der Waals surface area contributed by atoms with Crippen LogP contribution in [0.4, 0.5) is 30.2 Å². The number of urea groups is 1. The number of carbonyl (C=O) groups is 2. The summed E-state index contributed by atoms with van der Waals surface area (Å²) in [7, 11) is -3.05. The van der Waals surface area contributed by atoms with Gasteiger partial charge in [-0.05, 0) is 24.3 Å². The van der Waals surface area contributed by atoms with Gasteiger partial charge >= 0.3 is 13.6 Å². The average Bonchev–Trinajstić information content (AvgIpc) is 3.50. The molecule has 0 aliphatic carbocycles. The highest BCUT2D eigenvalue weighted by Crippen LogP contribution is 2.36. The van der Waals surface area contributed by atoms with Crippen LogP contribution in [0.3, 0.4) is 0 Å². The molecule has 0 fully saturated rings. The second-order valence-corrected chi connectivity index (χ2v) is 10.3. The van der Waals surface area contributed by atoms with Gasteiger partial charge < -0.3 is 35.4 Å². The smallest absolute Gasteiger partial charge is 0.344 e. The number of methoxy groups -OCH3 is 1. The number of benzene rings is 2. The van der Waals surface area contributed by atoms with Crippen LogP contribution in [0, 0.1) is 11.6 Å². The SMILES string of the molecule is COc1cccc(C(=O)Nc2cc(-c3noc(-c4sc(NC(=O)NCP(=O)(O)O)nc4N)n3)c(F)cc2F)c1. The summed E-state index contributed by atoms with van der Waals surface area (Å²) >= 11 is 0.782. The third kappa shape index (κ3) is 6.71. The van der Waals surface area contributed by atoms with Crippen LogP contribution in [0.2, 0.25) is 0 Å². The van der Waals surface area contributed by atoms with Crippen molar-refractivity contribution in [2.45, 2.75) is 0 Å². The molecule has 0 unspecified atom stereocenters. The highest BCUT2D eigenvalue weighted by molar-refractivity contribution is 7.51. The Balaban J connectivity index is 1.54. The Hall–Kier alpha value is -4.44. The van der Waals surface area contributed by atoms with E-state index >= 15 is 0 Å². The number of thiazole rings is 1. The summed E-state index contributed by atoms with van der Waals surface area (Å²) < 4.78 is 50.2. The maximum Gasteiger partial charge on any atom is 0.344 e. The average molecular weight is 581 g/mol. The molecule has 0 spiro atoms. The quantitative estimate of drug-likeness (QED) is 0.166. The van der Waals surface area contributed by atoms with Crippen molar-refractivity contribution < 1.29 is 42.0 Å². The van der Waals surface area contributed by atoms with Gasteiger partial charge in [0, 0.05) is 11.6 Å². The van der Waals surface area contributed by atoms with E-state index in [4.69, 9.17) is 24.8 Å². The molecule has 0 saturated carbocycles. The Labute approximate surface area is 221 Å². The fraction of sp³-hybridized carbons (Fsp3) is 0.0952. The van der Waals surface area contributed by atoms with Gasteiger partial charge in [0.25, 0.3) is 11.8 Å². The van der Waals surface area contributed by atoms with Crippen LogP contribution in [0.1, 0.15) is 10.4 Å². The lowest BCUT2D eigenvalue weighted by atomic mass is 10.1. The number of rotatable bonds is 8. The molecular formula is C21H18F2N7O7PS. The summed E-state index contributed by atoms with van der Waals surface area (Å²) in [5.74, 6) is -3.02. The zero-order valence-corrected chi connectivity index (χ0v) is 21.3. The first kappa shape index (κ1) is 27.6. The number of hydrogen-bond donors (Lipinski definition) is 6. The molecule has 0 bridgehead atoms. The Kier molecular flexibility index (Phi) is 7.87. The van der Waals surface area contributed by atoms with Crippen molar-refractivity contribution >= 4 is 47.5 Å². The molecule has 14 nitrogen and oxygen atoms in total. The number of nitrogens with one attached hydrogen (secondary N) is 3. The lowest BCUT2D eigenvalue weighted by Gasteiger charge is -2.09. The normalized spacial score (nSPS) is 11.2. The van der Waals surface area contributed by atoms with Crippen LogP contribution in [0.5, 0.6) is 5.75 Å². The van der Waals surface area contributed by atoms with Crippen LogP contribution >= 0.6 is 18.9 Å². The number of hydrogen-bond acceptors (Lipinski definition) is 10. The molecule has 0 aliphatic heterocycles. The lowest BCUT2D eigenvalue weighted by Crippen LogP contribution is -2.29. The van der Waals surface area contributed by atoms with E-state index in [0.29, 0.717) is 11.8 Å². The van der Waals surface area contributed by atoms with Crippen molar-refractivity contribution in [3.63, 3.8) is 0 Å². The number of aromatic nitrogens is 3. The number of anilines is 3. The van der Waals surface area contributed by atoms with Crippen LogP contribution in [0.15, 0.2) is 40.9 Å². The number of ether oxygens (including phenoxy) is 1. The monoisotopic (exact) mass is 581 g/mol. The van der Waals surface area contributed by atoms with Crippen molar-refractivity contribution in [2.75, 3.05) is 29.8 Å². The Morgan fingerprint density at radius 3 is 2.64 bits per heavy atom. The summed E-state index contributed by atoms with van der Waals surface area (Å²) in [5.41, 5.74) is 5.36. The molecule has 4 rings (SSSR count). The molecule has 0 radical (unpaired) electrons. The zero-order valence-electron chi connectivity index (χ0n) is 19.6. The van der Waals surface area contributed by atoms with Crippen LogP contribution in [0.25, 0.3) is 22.2 Å². The first-order valence-electron chi connectivity index (χ1n) is 10.6. The maximum absolute atomic E-state index is 14.6. The Morgan fingerprint density at radius 1 is 1.15 bits per heavy atom. The molecule has 2 aromatic heterocycles. The molecule has 4 aromatic rings. The van der Waals surface area contributed by atoms with Crippen molar-refractivity contribution in [3.8, 4) is 27.9 Å². The Bertz CT molecular complexity index is 1610. The standard InChI is InChI=1S/C21H18F2N7O7PS/c1-36-10-4-2-3-9(5-10)18(31)26-14-6-11(12(22)7-13(14)23)17-28-19(37-30-17)15-16(24)27-21(39-15)29-20(32)25-8-38(33,34)35/h2-7H,8,24H2,1H3,(H,26,31)(H2,33,34,35)(H2,25,27,29,32). The summed E-state index contributed by atoms with van der Waals surface area (Å²) in [5, 5.41) is 10.2. The van der Waals surface area contributed by atoms with Gasteiger partial charge in [0.15, 0.2) is 5.13 Å². The van der Waals surface area contributed by atoms with Gasteiger partial charge in [0.05, 0.1) is 18.4 Å². The number of amides is 3. The largest absolute Gasteiger partial charge is 0.497 e. The molecule has 0 atom stereocenters. The number of halogens is 2. The lowest BCUT2D eigenvalue weighted by molar-refractivity contribution is 0.102. The van der Waals surface area contributed by atoms with Gasteiger partial charge in [-0.3, -0.25) is 14.7 Å². The molecule has 3 amide bonds. The molecule has 7 N–H and O–H groups in total. The second-order valence-electron chi connectivity index (χ2n) is 7.61. The highest BCUT2D eigenvalue weighted by Gasteiger charge is 2.23. The number of nitrogens with two attached hydrogens (primary N) is 1. The minimum Gasteiger partial charge on any atom is -0.497 e. The second kappa shape index (κ2) is 11.1. The minimum absolute atomic E-state index is 0.0686. The van der Waals surface area contributed by atoms with E-state index in [0.717, 1.165) is 17.4 Å². The minimum atomic E-state index is -4.47. The summed E-state index contributed by atoms with van der Waals surface area (Å²) in [4.78, 5) is 50.1. The summed E-state index contributed by atoms with van der Waals surface area (Å²) in [6.45, 7) is 0. The number of carbonyl (C=O) groups excluding carboxylic acids is 2. The van der Waals surface area contributed by atoms with Crippen LogP contribution < -0.4 is 26.4 Å². The molecule has 204 valence electrons. The Morgan fingerprint density at radius 2 is 1.92 bits per heavy atom. The van der Waals surface area contributed by atoms with E-state index in [2.05, 4.69) is 25.8 Å². The first-order valence-corrected chi connectivity index (χ1v) is 13.2. The summed E-state index contributed by atoms with van der Waals surface area (Å²) in [6.07, 6.45) is -0.898. The van der Waals surface area contributed by atoms with E-state index < -0.39 is 37.5 Å². The molecule has 18 heteroatoms. The predicted molar refractivity (Wildman–Crippen MR) is 135 cm³/mol. The van der Waals surface area contributed by atoms with Gasteiger partial charge in [-0.15, -0.1) is 0 Å². The van der Waals surface area contributed by atoms with Gasteiger partial charge in [0.2, 0.25) is 5.82 Å². The third-order valence-corrected chi connectivity index (χ3v) is 6.36. The third-order valence-electron chi connectivity index (χ3n) is 4.82. The first-order chi connectivity index (χ1) is 18.4. The van der Waals surface area contributed by atoms with Gasteiger partial charge in [0.1, 0.15) is 34.4 Å². The molecule has 2 heterocycles. The highest BCUT2D eigenvalue weighted by atomic mass is 32.1. The fourth-order valence-corrected chi connectivity index (χ4v) is 4.21. The predicted octanol–water partition coefficient (Wildman–Crippen LogP) is 3.24. The number of nitrogen functional groups attached to an aromatic ring is 1.